The quantitative estimate of drug-likeness (QED) is 0.247. The summed E-state index contributed by atoms with van der Waals surface area (Å²) in [6, 6.07) is 8.76. The number of H-pyrrole nitrogens is 1. The van der Waals surface area contributed by atoms with Gasteiger partial charge < -0.3 is 25.0 Å². The van der Waals surface area contributed by atoms with Crippen LogP contribution in [0.5, 0.6) is 0 Å². The van der Waals surface area contributed by atoms with E-state index in [0.717, 1.165) is 96.1 Å². The first-order chi connectivity index (χ1) is 20.7. The van der Waals surface area contributed by atoms with Gasteiger partial charge in [0.1, 0.15) is 17.8 Å². The SMILES string of the molecule is CC(C)(C)O.Cc1nc(C)c(-c2ccc3c(c2)CCN(c2ncnc4[nH]ccc24)C3)c(N2CCC(C)(C)CC2)c1CC(=O)O. The number of benzene rings is 1. The van der Waals surface area contributed by atoms with Crippen LogP contribution in [0.2, 0.25) is 0 Å². The van der Waals surface area contributed by atoms with E-state index in [0.29, 0.717) is 5.41 Å². The Labute approximate surface area is 260 Å². The fourth-order valence-electron chi connectivity index (χ4n) is 6.26. The van der Waals surface area contributed by atoms with Gasteiger partial charge in [-0.2, -0.15) is 0 Å². The molecular formula is C35H46N6O3. The molecule has 9 nitrogen and oxygen atoms in total. The molecule has 6 rings (SSSR count). The van der Waals surface area contributed by atoms with Crippen LogP contribution in [0.25, 0.3) is 22.2 Å². The molecule has 1 aromatic carbocycles. The molecule has 44 heavy (non-hydrogen) atoms. The summed E-state index contributed by atoms with van der Waals surface area (Å²) in [7, 11) is 0. The fraction of sp³-hybridized carbons (Fsp3) is 0.486. The summed E-state index contributed by atoms with van der Waals surface area (Å²) in [5.74, 6) is 0.142. The van der Waals surface area contributed by atoms with Gasteiger partial charge in [-0.05, 0) is 82.1 Å². The number of carboxylic acids is 1. The van der Waals surface area contributed by atoms with Crippen molar-refractivity contribution in [1.29, 1.82) is 0 Å². The van der Waals surface area contributed by atoms with Crippen molar-refractivity contribution in [3.05, 3.63) is 64.9 Å². The molecule has 0 aliphatic carbocycles. The molecule has 5 heterocycles. The molecule has 0 unspecified atom stereocenters. The minimum Gasteiger partial charge on any atom is -0.481 e. The molecule has 2 aliphatic rings. The summed E-state index contributed by atoms with van der Waals surface area (Å²) < 4.78 is 0. The number of aromatic nitrogens is 4. The molecular weight excluding hydrogens is 552 g/mol. The number of rotatable bonds is 5. The molecule has 4 aromatic rings. The van der Waals surface area contributed by atoms with Crippen LogP contribution in [0, 0.1) is 19.3 Å². The normalized spacial score (nSPS) is 16.4. The van der Waals surface area contributed by atoms with Gasteiger partial charge in [0.2, 0.25) is 0 Å². The van der Waals surface area contributed by atoms with E-state index in [4.69, 9.17) is 10.1 Å². The van der Waals surface area contributed by atoms with Crippen molar-refractivity contribution < 1.29 is 15.0 Å². The van der Waals surface area contributed by atoms with Crippen LogP contribution in [-0.4, -0.2) is 61.4 Å². The van der Waals surface area contributed by atoms with E-state index >= 15 is 0 Å². The second-order valence-corrected chi connectivity index (χ2v) is 14.0. The van der Waals surface area contributed by atoms with Crippen molar-refractivity contribution in [2.45, 2.75) is 86.3 Å². The second-order valence-electron chi connectivity index (χ2n) is 14.0. The van der Waals surface area contributed by atoms with Crippen LogP contribution in [0.4, 0.5) is 11.5 Å². The van der Waals surface area contributed by atoms with E-state index in [2.05, 4.69) is 63.7 Å². The molecule has 0 saturated carbocycles. The Morgan fingerprint density at radius 1 is 1.00 bits per heavy atom. The predicted octanol–water partition coefficient (Wildman–Crippen LogP) is 6.23. The molecule has 3 aromatic heterocycles. The zero-order chi connectivity index (χ0) is 31.8. The van der Waals surface area contributed by atoms with Crippen LogP contribution < -0.4 is 9.80 Å². The standard InChI is InChI=1S/C31H36N6O2.C4H10O/c1-19-25(16-26(38)39)28(36-13-9-31(3,4)10-14-36)27(20(2)35-19)22-5-6-23-17-37(12-8-21(23)15-22)30-24-7-11-32-29(24)33-18-34-30;1-4(2,3)5/h5-7,11,15,18H,8-10,12-14,16-17H2,1-4H3,(H,38,39)(H,32,33,34);5H,1-3H3. The van der Waals surface area contributed by atoms with Crippen molar-refractivity contribution in [2.75, 3.05) is 29.4 Å². The Balaban J connectivity index is 0.000000712. The van der Waals surface area contributed by atoms with Gasteiger partial charge in [-0.15, -0.1) is 0 Å². The third-order valence-corrected chi connectivity index (χ3v) is 8.56. The minimum absolute atomic E-state index is 0.0200. The number of aliphatic hydroxyl groups is 1. The Kier molecular flexibility index (Phi) is 8.71. The van der Waals surface area contributed by atoms with Gasteiger partial charge in [0, 0.05) is 54.9 Å². The van der Waals surface area contributed by atoms with Crippen molar-refractivity contribution in [2.24, 2.45) is 5.41 Å². The smallest absolute Gasteiger partial charge is 0.307 e. The van der Waals surface area contributed by atoms with E-state index in [-0.39, 0.29) is 6.42 Å². The number of aliphatic carboxylic acids is 1. The largest absolute Gasteiger partial charge is 0.481 e. The molecule has 0 spiro atoms. The summed E-state index contributed by atoms with van der Waals surface area (Å²) >= 11 is 0. The maximum absolute atomic E-state index is 11.9. The molecule has 0 radical (unpaired) electrons. The summed E-state index contributed by atoms with van der Waals surface area (Å²) in [4.78, 5) is 33.7. The van der Waals surface area contributed by atoms with Gasteiger partial charge in [0.05, 0.1) is 23.1 Å². The van der Waals surface area contributed by atoms with E-state index in [1.165, 1.54) is 11.1 Å². The lowest BCUT2D eigenvalue weighted by Crippen LogP contribution is -2.38. The molecule has 0 atom stereocenters. The maximum atomic E-state index is 11.9. The highest BCUT2D eigenvalue weighted by molar-refractivity contribution is 5.88. The number of aromatic amines is 1. The van der Waals surface area contributed by atoms with Crippen LogP contribution in [0.15, 0.2) is 36.8 Å². The molecule has 2 aliphatic heterocycles. The van der Waals surface area contributed by atoms with Crippen molar-refractivity contribution in [3.63, 3.8) is 0 Å². The predicted molar refractivity (Wildman–Crippen MR) is 176 cm³/mol. The average molecular weight is 599 g/mol. The Hall–Kier alpha value is -3.98. The Bertz CT molecular complexity index is 1650. The number of hydrogen-bond acceptors (Lipinski definition) is 7. The van der Waals surface area contributed by atoms with E-state index < -0.39 is 11.6 Å². The number of fused-ring (bicyclic) bond motifs is 2. The maximum Gasteiger partial charge on any atom is 0.307 e. The van der Waals surface area contributed by atoms with Crippen LogP contribution in [0.1, 0.15) is 75.5 Å². The first-order valence-electron chi connectivity index (χ1n) is 15.5. The first-order valence-corrected chi connectivity index (χ1v) is 15.5. The second kappa shape index (κ2) is 12.2. The third kappa shape index (κ3) is 7.04. The van der Waals surface area contributed by atoms with Crippen molar-refractivity contribution in [3.8, 4) is 11.1 Å². The van der Waals surface area contributed by atoms with Crippen molar-refractivity contribution >= 4 is 28.5 Å². The topological polar surface area (TPSA) is 118 Å². The van der Waals surface area contributed by atoms with Crippen molar-refractivity contribution in [1.82, 2.24) is 19.9 Å². The molecule has 0 amide bonds. The van der Waals surface area contributed by atoms with Gasteiger partial charge >= 0.3 is 5.97 Å². The summed E-state index contributed by atoms with van der Waals surface area (Å²) in [6.45, 7) is 17.4. The molecule has 1 saturated heterocycles. The fourth-order valence-corrected chi connectivity index (χ4v) is 6.26. The van der Waals surface area contributed by atoms with Gasteiger partial charge in [-0.25, -0.2) is 9.97 Å². The van der Waals surface area contributed by atoms with E-state index in [1.807, 2.05) is 19.2 Å². The minimum atomic E-state index is -0.819. The third-order valence-electron chi connectivity index (χ3n) is 8.56. The van der Waals surface area contributed by atoms with Crippen LogP contribution >= 0.6 is 0 Å². The highest BCUT2D eigenvalue weighted by atomic mass is 16.4. The number of carboxylic acid groups (broad SMARTS) is 1. The summed E-state index contributed by atoms with van der Waals surface area (Å²) in [5.41, 5.74) is 9.13. The number of carbonyl (C=O) groups is 1. The lowest BCUT2D eigenvalue weighted by molar-refractivity contribution is -0.136. The number of pyridine rings is 1. The lowest BCUT2D eigenvalue weighted by atomic mass is 9.82. The molecule has 234 valence electrons. The van der Waals surface area contributed by atoms with Gasteiger partial charge in [0.15, 0.2) is 0 Å². The zero-order valence-corrected chi connectivity index (χ0v) is 27.2. The number of nitrogens with one attached hydrogen (secondary N) is 1. The number of hydrogen-bond donors (Lipinski definition) is 3. The van der Waals surface area contributed by atoms with Gasteiger partial charge in [-0.1, -0.05) is 32.0 Å². The Morgan fingerprint density at radius 3 is 2.39 bits per heavy atom. The number of piperidine rings is 1. The first kappa shape index (κ1) is 31.4. The number of anilines is 2. The lowest BCUT2D eigenvalue weighted by Gasteiger charge is -2.40. The van der Waals surface area contributed by atoms with E-state index in [1.54, 1.807) is 27.1 Å². The molecule has 1 fully saturated rings. The summed E-state index contributed by atoms with van der Waals surface area (Å²) in [6.07, 6.45) is 6.58. The zero-order valence-electron chi connectivity index (χ0n) is 27.2. The molecule has 9 heteroatoms. The Morgan fingerprint density at radius 2 is 1.70 bits per heavy atom. The molecule has 3 N–H and O–H groups in total. The highest BCUT2D eigenvalue weighted by Gasteiger charge is 2.31. The highest BCUT2D eigenvalue weighted by Crippen LogP contribution is 2.42. The number of nitrogens with zero attached hydrogens (tertiary/aromatic N) is 5. The van der Waals surface area contributed by atoms with Gasteiger partial charge in [-0.3, -0.25) is 9.78 Å². The van der Waals surface area contributed by atoms with Gasteiger partial charge in [0.25, 0.3) is 0 Å². The van der Waals surface area contributed by atoms with E-state index in [9.17, 15) is 9.90 Å². The molecule has 0 bridgehead atoms. The average Bonchev–Trinajstić information content (AvgIpc) is 3.42. The number of aryl methyl sites for hydroxylation is 2. The van der Waals surface area contributed by atoms with Crippen LogP contribution in [0.3, 0.4) is 0 Å². The summed E-state index contributed by atoms with van der Waals surface area (Å²) in [5, 5.41) is 19.4. The monoisotopic (exact) mass is 598 g/mol. The van der Waals surface area contributed by atoms with Crippen LogP contribution in [-0.2, 0) is 24.2 Å².